The van der Waals surface area contributed by atoms with Crippen LogP contribution in [0.1, 0.15) is 47.7 Å². The van der Waals surface area contributed by atoms with Crippen molar-refractivity contribution in [2.24, 2.45) is 11.7 Å². The summed E-state index contributed by atoms with van der Waals surface area (Å²) >= 11 is 0. The maximum absolute atomic E-state index is 12.7. The van der Waals surface area contributed by atoms with E-state index < -0.39 is 0 Å². The van der Waals surface area contributed by atoms with Crippen molar-refractivity contribution in [2.45, 2.75) is 45.1 Å². The van der Waals surface area contributed by atoms with E-state index in [1.165, 1.54) is 30.4 Å². The number of benzene rings is 1. The second-order valence-corrected chi connectivity index (χ2v) is 6.33. The van der Waals surface area contributed by atoms with Gasteiger partial charge in [0.1, 0.15) is 0 Å². The van der Waals surface area contributed by atoms with Crippen LogP contribution in [0, 0.1) is 5.92 Å². The molecule has 108 valence electrons. The molecular formula is C17H24N2O. The van der Waals surface area contributed by atoms with E-state index in [0.717, 1.165) is 24.9 Å². The van der Waals surface area contributed by atoms with Gasteiger partial charge in [-0.3, -0.25) is 4.79 Å². The van der Waals surface area contributed by atoms with E-state index in [9.17, 15) is 4.79 Å². The second-order valence-electron chi connectivity index (χ2n) is 6.33. The molecule has 0 bridgehead atoms. The molecule has 1 aliphatic heterocycles. The van der Waals surface area contributed by atoms with Crippen LogP contribution in [0.2, 0.25) is 0 Å². The molecule has 0 spiro atoms. The molecule has 3 rings (SSSR count). The predicted molar refractivity (Wildman–Crippen MR) is 80.7 cm³/mol. The minimum atomic E-state index is 0.182. The van der Waals surface area contributed by atoms with E-state index in [1.54, 1.807) is 0 Å². The maximum Gasteiger partial charge on any atom is 0.254 e. The third-order valence-corrected chi connectivity index (χ3v) is 4.85. The first kappa shape index (κ1) is 13.6. The van der Waals surface area contributed by atoms with Gasteiger partial charge < -0.3 is 10.6 Å². The highest BCUT2D eigenvalue weighted by atomic mass is 16.2. The van der Waals surface area contributed by atoms with Crippen LogP contribution < -0.4 is 5.73 Å². The molecule has 1 aromatic rings. The van der Waals surface area contributed by atoms with E-state index in [1.807, 2.05) is 11.0 Å². The van der Waals surface area contributed by atoms with Crippen molar-refractivity contribution in [3.8, 4) is 0 Å². The molecule has 2 N–H and O–H groups in total. The summed E-state index contributed by atoms with van der Waals surface area (Å²) in [4.78, 5) is 14.7. The van der Waals surface area contributed by atoms with Crippen molar-refractivity contribution >= 4 is 5.91 Å². The first-order chi connectivity index (χ1) is 9.69. The van der Waals surface area contributed by atoms with Gasteiger partial charge in [0.05, 0.1) is 0 Å². The summed E-state index contributed by atoms with van der Waals surface area (Å²) in [6, 6.07) is 6.60. The summed E-state index contributed by atoms with van der Waals surface area (Å²) in [5.74, 6) is 0.647. The van der Waals surface area contributed by atoms with E-state index in [-0.39, 0.29) is 5.91 Å². The first-order valence-electron chi connectivity index (χ1n) is 7.82. The van der Waals surface area contributed by atoms with E-state index in [4.69, 9.17) is 5.73 Å². The number of nitrogens with two attached hydrogens (primary N) is 1. The van der Waals surface area contributed by atoms with Crippen LogP contribution in [-0.2, 0) is 12.8 Å². The number of carbonyl (C=O) groups excluding carboxylic acids is 1. The number of aryl methyl sites for hydroxylation is 2. The Labute approximate surface area is 121 Å². The lowest BCUT2D eigenvalue weighted by Gasteiger charge is -2.23. The standard InChI is InChI=1S/C17H24N2O/c1-12-8-13(10-18)11-19(12)17(20)16-7-6-14-4-2-3-5-15(14)9-16/h6-7,9,12-13H,2-5,8,10-11,18H2,1H3. The number of amides is 1. The zero-order valence-electron chi connectivity index (χ0n) is 12.3. The molecule has 3 heteroatoms. The van der Waals surface area contributed by atoms with Gasteiger partial charge in [0.25, 0.3) is 5.91 Å². The Kier molecular flexibility index (Phi) is 3.79. The van der Waals surface area contributed by atoms with Crippen LogP contribution in [0.25, 0.3) is 0 Å². The molecule has 1 aliphatic carbocycles. The molecule has 1 aromatic carbocycles. The van der Waals surface area contributed by atoms with Crippen molar-refractivity contribution in [3.63, 3.8) is 0 Å². The Morgan fingerprint density at radius 3 is 2.75 bits per heavy atom. The van der Waals surface area contributed by atoms with Gasteiger partial charge in [-0.15, -0.1) is 0 Å². The first-order valence-corrected chi connectivity index (χ1v) is 7.82. The minimum absolute atomic E-state index is 0.182. The fourth-order valence-electron chi connectivity index (χ4n) is 3.63. The molecule has 0 saturated carbocycles. The van der Waals surface area contributed by atoms with Gasteiger partial charge in [-0.25, -0.2) is 0 Å². The number of carbonyl (C=O) groups is 1. The van der Waals surface area contributed by atoms with E-state index in [0.29, 0.717) is 18.5 Å². The molecule has 20 heavy (non-hydrogen) atoms. The van der Waals surface area contributed by atoms with Crippen LogP contribution in [-0.4, -0.2) is 29.9 Å². The monoisotopic (exact) mass is 272 g/mol. The van der Waals surface area contributed by atoms with Crippen molar-refractivity contribution in [1.82, 2.24) is 4.90 Å². The largest absolute Gasteiger partial charge is 0.336 e. The molecule has 1 heterocycles. The summed E-state index contributed by atoms with van der Waals surface area (Å²) < 4.78 is 0. The lowest BCUT2D eigenvalue weighted by atomic mass is 9.90. The van der Waals surface area contributed by atoms with Crippen LogP contribution in [0.4, 0.5) is 0 Å². The number of hydrogen-bond acceptors (Lipinski definition) is 2. The molecular weight excluding hydrogens is 248 g/mol. The van der Waals surface area contributed by atoms with Crippen molar-refractivity contribution in [3.05, 3.63) is 34.9 Å². The third-order valence-electron chi connectivity index (χ3n) is 4.85. The molecule has 3 nitrogen and oxygen atoms in total. The fourth-order valence-corrected chi connectivity index (χ4v) is 3.63. The summed E-state index contributed by atoms with van der Waals surface area (Å²) in [7, 11) is 0. The Morgan fingerprint density at radius 1 is 1.30 bits per heavy atom. The molecule has 1 saturated heterocycles. The Hall–Kier alpha value is -1.35. The highest BCUT2D eigenvalue weighted by molar-refractivity contribution is 5.95. The van der Waals surface area contributed by atoms with Gasteiger partial charge in [-0.1, -0.05) is 6.07 Å². The van der Waals surface area contributed by atoms with Crippen LogP contribution in [0.5, 0.6) is 0 Å². The lowest BCUT2D eigenvalue weighted by Crippen LogP contribution is -2.34. The lowest BCUT2D eigenvalue weighted by molar-refractivity contribution is 0.0743. The fraction of sp³-hybridized carbons (Fsp3) is 0.588. The van der Waals surface area contributed by atoms with Crippen LogP contribution >= 0.6 is 0 Å². The summed E-state index contributed by atoms with van der Waals surface area (Å²) in [5, 5.41) is 0. The smallest absolute Gasteiger partial charge is 0.254 e. The van der Waals surface area contributed by atoms with Crippen molar-refractivity contribution in [1.29, 1.82) is 0 Å². The SMILES string of the molecule is CC1CC(CN)CN1C(=O)c1ccc2c(c1)CCCC2. The zero-order chi connectivity index (χ0) is 14.1. The number of rotatable bonds is 2. The molecule has 2 aliphatic rings. The highest BCUT2D eigenvalue weighted by Crippen LogP contribution is 2.26. The number of hydrogen-bond donors (Lipinski definition) is 1. The average molecular weight is 272 g/mol. The molecule has 0 aromatic heterocycles. The van der Waals surface area contributed by atoms with E-state index in [2.05, 4.69) is 19.1 Å². The van der Waals surface area contributed by atoms with Gasteiger partial charge in [0.2, 0.25) is 0 Å². The van der Waals surface area contributed by atoms with E-state index >= 15 is 0 Å². The highest BCUT2D eigenvalue weighted by Gasteiger charge is 2.32. The van der Waals surface area contributed by atoms with Gasteiger partial charge in [0.15, 0.2) is 0 Å². The molecule has 1 fully saturated rings. The number of nitrogens with zero attached hydrogens (tertiary/aromatic N) is 1. The molecule has 2 atom stereocenters. The Bertz CT molecular complexity index is 512. The molecule has 0 radical (unpaired) electrons. The number of fused-ring (bicyclic) bond motifs is 1. The number of likely N-dealkylation sites (tertiary alicyclic amines) is 1. The zero-order valence-corrected chi connectivity index (χ0v) is 12.3. The van der Waals surface area contributed by atoms with Crippen molar-refractivity contribution < 1.29 is 4.79 Å². The minimum Gasteiger partial charge on any atom is -0.336 e. The topological polar surface area (TPSA) is 46.3 Å². The maximum atomic E-state index is 12.7. The Balaban J connectivity index is 1.80. The average Bonchev–Trinajstić information content (AvgIpc) is 2.87. The second kappa shape index (κ2) is 5.57. The summed E-state index contributed by atoms with van der Waals surface area (Å²) in [5.41, 5.74) is 9.42. The van der Waals surface area contributed by atoms with Gasteiger partial charge in [-0.2, -0.15) is 0 Å². The van der Waals surface area contributed by atoms with Crippen molar-refractivity contribution in [2.75, 3.05) is 13.1 Å². The Morgan fingerprint density at radius 2 is 2.05 bits per heavy atom. The normalized spacial score (nSPS) is 25.6. The summed E-state index contributed by atoms with van der Waals surface area (Å²) in [6.45, 7) is 3.62. The molecule has 2 unspecified atom stereocenters. The molecule has 1 amide bonds. The van der Waals surface area contributed by atoms with Gasteiger partial charge in [0, 0.05) is 18.2 Å². The van der Waals surface area contributed by atoms with Crippen LogP contribution in [0.15, 0.2) is 18.2 Å². The van der Waals surface area contributed by atoms with Gasteiger partial charge >= 0.3 is 0 Å². The summed E-state index contributed by atoms with van der Waals surface area (Å²) in [6.07, 6.45) is 5.85. The van der Waals surface area contributed by atoms with Crippen LogP contribution in [0.3, 0.4) is 0 Å². The quantitative estimate of drug-likeness (QED) is 0.898. The third kappa shape index (κ3) is 2.47. The van der Waals surface area contributed by atoms with Gasteiger partial charge in [-0.05, 0) is 74.8 Å². The predicted octanol–water partition coefficient (Wildman–Crippen LogP) is 2.37.